The van der Waals surface area contributed by atoms with Crippen LogP contribution in [0.3, 0.4) is 0 Å². The molecular formula is C13H15NO. The maximum atomic E-state index is 5.56. The molecule has 1 aromatic heterocycles. The molecule has 0 amide bonds. The van der Waals surface area contributed by atoms with Gasteiger partial charge < -0.3 is 9.32 Å². The zero-order chi connectivity index (χ0) is 10.1. The van der Waals surface area contributed by atoms with E-state index in [-0.39, 0.29) is 0 Å². The van der Waals surface area contributed by atoms with Crippen LogP contribution in [-0.2, 0) is 0 Å². The first-order chi connectivity index (χ1) is 7.45. The molecule has 1 aliphatic rings. The van der Waals surface area contributed by atoms with Gasteiger partial charge in [0, 0.05) is 18.5 Å². The summed E-state index contributed by atoms with van der Waals surface area (Å²) in [6.45, 7) is 2.34. The summed E-state index contributed by atoms with van der Waals surface area (Å²) in [5, 5.41) is 1.25. The van der Waals surface area contributed by atoms with Crippen LogP contribution in [0.5, 0.6) is 0 Å². The van der Waals surface area contributed by atoms with Crippen molar-refractivity contribution in [2.75, 3.05) is 18.0 Å². The molecule has 1 saturated heterocycles. The van der Waals surface area contributed by atoms with E-state index in [1.807, 2.05) is 18.4 Å². The quantitative estimate of drug-likeness (QED) is 0.702. The van der Waals surface area contributed by atoms with Crippen molar-refractivity contribution in [3.63, 3.8) is 0 Å². The zero-order valence-corrected chi connectivity index (χ0v) is 8.78. The lowest BCUT2D eigenvalue weighted by molar-refractivity contribution is 0.569. The van der Waals surface area contributed by atoms with Gasteiger partial charge in [-0.15, -0.1) is 0 Å². The van der Waals surface area contributed by atoms with Crippen LogP contribution >= 0.6 is 0 Å². The second kappa shape index (κ2) is 3.61. The number of rotatable bonds is 1. The molecule has 78 valence electrons. The highest BCUT2D eigenvalue weighted by atomic mass is 16.3. The predicted molar refractivity (Wildman–Crippen MR) is 62.3 cm³/mol. The standard InChI is InChI=1S/C13H15NO/c1-4-8-14(9-5-1)12-10-15-13-7-3-2-6-11(12)13/h2-3,6-7,10H,1,4-5,8-9H2. The smallest absolute Gasteiger partial charge is 0.136 e. The third-order valence-corrected chi connectivity index (χ3v) is 3.16. The molecule has 0 aliphatic carbocycles. The normalized spacial score (nSPS) is 17.2. The Balaban J connectivity index is 2.02. The van der Waals surface area contributed by atoms with Crippen molar-refractivity contribution < 1.29 is 4.42 Å². The highest BCUT2D eigenvalue weighted by Gasteiger charge is 2.15. The summed E-state index contributed by atoms with van der Waals surface area (Å²) in [4.78, 5) is 2.44. The number of hydrogen-bond acceptors (Lipinski definition) is 2. The first-order valence-corrected chi connectivity index (χ1v) is 5.66. The van der Waals surface area contributed by atoms with Crippen LogP contribution in [0.4, 0.5) is 5.69 Å². The van der Waals surface area contributed by atoms with Crippen LogP contribution in [-0.4, -0.2) is 13.1 Å². The Morgan fingerprint density at radius 1 is 1.00 bits per heavy atom. The van der Waals surface area contributed by atoms with Gasteiger partial charge in [-0.3, -0.25) is 0 Å². The van der Waals surface area contributed by atoms with Crippen molar-refractivity contribution >= 4 is 16.7 Å². The van der Waals surface area contributed by atoms with E-state index >= 15 is 0 Å². The van der Waals surface area contributed by atoms with Crippen LogP contribution in [0.15, 0.2) is 34.9 Å². The molecule has 15 heavy (non-hydrogen) atoms. The Morgan fingerprint density at radius 3 is 2.67 bits per heavy atom. The van der Waals surface area contributed by atoms with Gasteiger partial charge >= 0.3 is 0 Å². The topological polar surface area (TPSA) is 16.4 Å². The van der Waals surface area contributed by atoms with Gasteiger partial charge in [-0.25, -0.2) is 0 Å². The average Bonchev–Trinajstić information content (AvgIpc) is 2.74. The molecule has 0 atom stereocenters. The molecule has 2 heteroatoms. The molecule has 0 bridgehead atoms. The summed E-state index contributed by atoms with van der Waals surface area (Å²) in [6, 6.07) is 8.27. The van der Waals surface area contributed by atoms with Crippen molar-refractivity contribution in [3.05, 3.63) is 30.5 Å². The number of benzene rings is 1. The number of nitrogens with zero attached hydrogens (tertiary/aromatic N) is 1. The molecule has 0 unspecified atom stereocenters. The van der Waals surface area contributed by atoms with Gasteiger partial charge in [0.25, 0.3) is 0 Å². The summed E-state index contributed by atoms with van der Waals surface area (Å²) < 4.78 is 5.56. The van der Waals surface area contributed by atoms with Gasteiger partial charge in [-0.05, 0) is 31.4 Å². The van der Waals surface area contributed by atoms with E-state index in [0.717, 1.165) is 5.58 Å². The number of anilines is 1. The SMILES string of the molecule is c1ccc2c(N3CCCCC3)coc2c1. The highest BCUT2D eigenvalue weighted by Crippen LogP contribution is 2.30. The van der Waals surface area contributed by atoms with Gasteiger partial charge in [0.1, 0.15) is 11.8 Å². The Kier molecular flexibility index (Phi) is 2.13. The van der Waals surface area contributed by atoms with E-state index in [1.54, 1.807) is 0 Å². The highest BCUT2D eigenvalue weighted by molar-refractivity contribution is 5.90. The first kappa shape index (κ1) is 8.84. The second-order valence-corrected chi connectivity index (χ2v) is 4.16. The molecule has 2 heterocycles. The maximum Gasteiger partial charge on any atom is 0.136 e. The van der Waals surface area contributed by atoms with Gasteiger partial charge in [0.15, 0.2) is 0 Å². The fourth-order valence-electron chi connectivity index (χ4n) is 2.34. The number of hydrogen-bond donors (Lipinski definition) is 0. The van der Waals surface area contributed by atoms with E-state index in [0.29, 0.717) is 0 Å². The molecule has 2 aromatic rings. The monoisotopic (exact) mass is 201 g/mol. The van der Waals surface area contributed by atoms with Gasteiger partial charge in [-0.2, -0.15) is 0 Å². The lowest BCUT2D eigenvalue weighted by Gasteiger charge is -2.27. The van der Waals surface area contributed by atoms with Crippen molar-refractivity contribution in [3.8, 4) is 0 Å². The summed E-state index contributed by atoms with van der Waals surface area (Å²) in [5.41, 5.74) is 2.27. The average molecular weight is 201 g/mol. The number of fused-ring (bicyclic) bond motifs is 1. The van der Waals surface area contributed by atoms with Crippen molar-refractivity contribution in [2.24, 2.45) is 0 Å². The van der Waals surface area contributed by atoms with E-state index in [9.17, 15) is 0 Å². The Hall–Kier alpha value is -1.44. The fourth-order valence-corrected chi connectivity index (χ4v) is 2.34. The Bertz CT molecular complexity index is 454. The van der Waals surface area contributed by atoms with Crippen molar-refractivity contribution in [1.82, 2.24) is 0 Å². The third-order valence-electron chi connectivity index (χ3n) is 3.16. The summed E-state index contributed by atoms with van der Waals surface area (Å²) in [7, 11) is 0. The van der Waals surface area contributed by atoms with E-state index in [4.69, 9.17) is 4.42 Å². The minimum Gasteiger partial charge on any atom is -0.462 e. The number of para-hydroxylation sites is 1. The van der Waals surface area contributed by atoms with E-state index < -0.39 is 0 Å². The van der Waals surface area contributed by atoms with Crippen LogP contribution in [0.2, 0.25) is 0 Å². The van der Waals surface area contributed by atoms with E-state index in [1.165, 1.54) is 43.4 Å². The van der Waals surface area contributed by atoms with Crippen LogP contribution in [0.1, 0.15) is 19.3 Å². The van der Waals surface area contributed by atoms with Crippen molar-refractivity contribution in [1.29, 1.82) is 0 Å². The molecule has 1 aromatic carbocycles. The fraction of sp³-hybridized carbons (Fsp3) is 0.385. The molecule has 3 rings (SSSR count). The Morgan fingerprint density at radius 2 is 1.80 bits per heavy atom. The molecule has 0 radical (unpaired) electrons. The molecule has 1 fully saturated rings. The van der Waals surface area contributed by atoms with Crippen LogP contribution in [0.25, 0.3) is 11.0 Å². The molecule has 2 nitrogen and oxygen atoms in total. The minimum absolute atomic E-state index is 0.998. The molecule has 0 spiro atoms. The van der Waals surface area contributed by atoms with Crippen molar-refractivity contribution in [2.45, 2.75) is 19.3 Å². The molecule has 0 saturated carbocycles. The number of piperidine rings is 1. The van der Waals surface area contributed by atoms with Crippen LogP contribution in [0, 0.1) is 0 Å². The third kappa shape index (κ3) is 1.50. The lowest BCUT2D eigenvalue weighted by atomic mass is 10.1. The molecular weight excluding hydrogens is 186 g/mol. The second-order valence-electron chi connectivity index (χ2n) is 4.16. The Labute approximate surface area is 89.5 Å². The molecule has 1 aliphatic heterocycles. The predicted octanol–water partition coefficient (Wildman–Crippen LogP) is 3.42. The summed E-state index contributed by atoms with van der Waals surface area (Å²) >= 11 is 0. The summed E-state index contributed by atoms with van der Waals surface area (Å²) in [5.74, 6) is 0. The summed E-state index contributed by atoms with van der Waals surface area (Å²) in [6.07, 6.45) is 5.88. The minimum atomic E-state index is 0.998. The van der Waals surface area contributed by atoms with Gasteiger partial charge in [-0.1, -0.05) is 12.1 Å². The van der Waals surface area contributed by atoms with E-state index in [2.05, 4.69) is 17.0 Å². The van der Waals surface area contributed by atoms with Crippen LogP contribution < -0.4 is 4.90 Å². The molecule has 0 N–H and O–H groups in total. The first-order valence-electron chi connectivity index (χ1n) is 5.66. The van der Waals surface area contributed by atoms with Gasteiger partial charge in [0.2, 0.25) is 0 Å². The largest absolute Gasteiger partial charge is 0.462 e. The van der Waals surface area contributed by atoms with Gasteiger partial charge in [0.05, 0.1) is 5.69 Å². The maximum absolute atomic E-state index is 5.56. The lowest BCUT2D eigenvalue weighted by Crippen LogP contribution is -2.28. The number of furan rings is 1. The zero-order valence-electron chi connectivity index (χ0n) is 8.78.